The van der Waals surface area contributed by atoms with Gasteiger partial charge in [0.05, 0.1) is 6.10 Å². The Morgan fingerprint density at radius 3 is 2.89 bits per heavy atom. The van der Waals surface area contributed by atoms with Crippen molar-refractivity contribution in [3.05, 3.63) is 34.9 Å². The predicted octanol–water partition coefficient (Wildman–Crippen LogP) is 3.91. The molecule has 1 aromatic carbocycles. The van der Waals surface area contributed by atoms with E-state index in [1.54, 1.807) is 0 Å². The van der Waals surface area contributed by atoms with Gasteiger partial charge >= 0.3 is 0 Å². The van der Waals surface area contributed by atoms with Crippen LogP contribution in [0.4, 0.5) is 0 Å². The second kappa shape index (κ2) is 6.53. The first-order chi connectivity index (χ1) is 9.10. The lowest BCUT2D eigenvalue weighted by Gasteiger charge is -2.32. The molecule has 2 nitrogen and oxygen atoms in total. The molecule has 0 bridgehead atoms. The van der Waals surface area contributed by atoms with E-state index in [0.29, 0.717) is 18.2 Å². The molecule has 1 aliphatic rings. The molecule has 1 saturated heterocycles. The first-order valence-corrected chi connectivity index (χ1v) is 7.55. The van der Waals surface area contributed by atoms with Crippen LogP contribution in [0, 0.1) is 13.8 Å². The second-order valence-electron chi connectivity index (χ2n) is 5.87. The molecule has 3 atom stereocenters. The highest BCUT2D eigenvalue weighted by atomic mass is 16.5. The van der Waals surface area contributed by atoms with Gasteiger partial charge in [0, 0.05) is 18.7 Å². The van der Waals surface area contributed by atoms with Gasteiger partial charge in [0.1, 0.15) is 0 Å². The highest BCUT2D eigenvalue weighted by molar-refractivity contribution is 5.32. The summed E-state index contributed by atoms with van der Waals surface area (Å²) in [4.78, 5) is 0. The Balaban J connectivity index is 2.00. The molecule has 1 heterocycles. The number of benzene rings is 1. The first kappa shape index (κ1) is 14.5. The van der Waals surface area contributed by atoms with Gasteiger partial charge in [-0.3, -0.25) is 0 Å². The molecule has 1 aliphatic heterocycles. The quantitative estimate of drug-likeness (QED) is 0.887. The van der Waals surface area contributed by atoms with Crippen LogP contribution in [-0.4, -0.2) is 18.8 Å². The Labute approximate surface area is 117 Å². The van der Waals surface area contributed by atoms with E-state index in [9.17, 15) is 0 Å². The van der Waals surface area contributed by atoms with Crippen molar-refractivity contribution < 1.29 is 4.74 Å². The van der Waals surface area contributed by atoms with Gasteiger partial charge in [0.2, 0.25) is 0 Å². The molecule has 2 heteroatoms. The van der Waals surface area contributed by atoms with E-state index < -0.39 is 0 Å². The summed E-state index contributed by atoms with van der Waals surface area (Å²) in [7, 11) is 0. The van der Waals surface area contributed by atoms with Crippen molar-refractivity contribution in [3.8, 4) is 0 Å². The fraction of sp³-hybridized carbons (Fsp3) is 0.647. The summed E-state index contributed by atoms with van der Waals surface area (Å²) in [5, 5.41) is 3.79. The zero-order valence-corrected chi connectivity index (χ0v) is 12.7. The minimum Gasteiger partial charge on any atom is -0.378 e. The Bertz CT molecular complexity index is 416. The number of ether oxygens (including phenoxy) is 1. The van der Waals surface area contributed by atoms with Gasteiger partial charge in [-0.2, -0.15) is 0 Å². The number of nitrogens with one attached hydrogen (secondary N) is 1. The molecular formula is C17H27NO. The summed E-state index contributed by atoms with van der Waals surface area (Å²) in [6, 6.07) is 7.73. The SMILES string of the molecule is CCC1CC(NC(C)c2cc(C)ccc2C)CCO1. The highest BCUT2D eigenvalue weighted by Crippen LogP contribution is 2.23. The molecule has 0 amide bonds. The van der Waals surface area contributed by atoms with Crippen molar-refractivity contribution in [2.75, 3.05) is 6.61 Å². The summed E-state index contributed by atoms with van der Waals surface area (Å²) in [5.74, 6) is 0. The minimum atomic E-state index is 0.417. The van der Waals surface area contributed by atoms with E-state index in [4.69, 9.17) is 4.74 Å². The maximum absolute atomic E-state index is 5.75. The molecule has 0 saturated carbocycles. The van der Waals surface area contributed by atoms with Gasteiger partial charge in [0.15, 0.2) is 0 Å². The Morgan fingerprint density at radius 2 is 2.16 bits per heavy atom. The van der Waals surface area contributed by atoms with Gasteiger partial charge in [-0.25, -0.2) is 0 Å². The van der Waals surface area contributed by atoms with E-state index in [1.807, 2.05) is 0 Å². The average molecular weight is 261 g/mol. The molecule has 106 valence electrons. The lowest BCUT2D eigenvalue weighted by atomic mass is 9.96. The van der Waals surface area contributed by atoms with Crippen LogP contribution in [-0.2, 0) is 4.74 Å². The topological polar surface area (TPSA) is 21.3 Å². The largest absolute Gasteiger partial charge is 0.378 e. The second-order valence-corrected chi connectivity index (χ2v) is 5.87. The van der Waals surface area contributed by atoms with Gasteiger partial charge in [0.25, 0.3) is 0 Å². The van der Waals surface area contributed by atoms with Gasteiger partial charge in [-0.05, 0) is 51.2 Å². The summed E-state index contributed by atoms with van der Waals surface area (Å²) in [5.41, 5.74) is 4.15. The van der Waals surface area contributed by atoms with E-state index >= 15 is 0 Å². The molecule has 0 spiro atoms. The molecule has 3 unspecified atom stereocenters. The summed E-state index contributed by atoms with van der Waals surface area (Å²) in [6.07, 6.45) is 3.84. The molecular weight excluding hydrogens is 234 g/mol. The van der Waals surface area contributed by atoms with Crippen molar-refractivity contribution in [2.45, 2.75) is 65.1 Å². The smallest absolute Gasteiger partial charge is 0.0587 e. The highest BCUT2D eigenvalue weighted by Gasteiger charge is 2.23. The molecule has 1 aromatic rings. The number of rotatable bonds is 4. The average Bonchev–Trinajstić information content (AvgIpc) is 2.41. The van der Waals surface area contributed by atoms with Crippen LogP contribution in [0.2, 0.25) is 0 Å². The van der Waals surface area contributed by atoms with Crippen molar-refractivity contribution >= 4 is 0 Å². The molecule has 0 aliphatic carbocycles. The van der Waals surface area contributed by atoms with Gasteiger partial charge < -0.3 is 10.1 Å². The normalized spacial score (nSPS) is 25.3. The first-order valence-electron chi connectivity index (χ1n) is 7.55. The van der Waals surface area contributed by atoms with Crippen LogP contribution in [0.25, 0.3) is 0 Å². The fourth-order valence-corrected chi connectivity index (χ4v) is 2.99. The molecule has 0 radical (unpaired) electrons. The third-order valence-corrected chi connectivity index (χ3v) is 4.21. The van der Waals surface area contributed by atoms with Crippen LogP contribution in [0.3, 0.4) is 0 Å². The Kier molecular flexibility index (Phi) is 5.00. The van der Waals surface area contributed by atoms with Gasteiger partial charge in [-0.15, -0.1) is 0 Å². The van der Waals surface area contributed by atoms with Crippen molar-refractivity contribution in [1.29, 1.82) is 0 Å². The zero-order chi connectivity index (χ0) is 13.8. The lowest BCUT2D eigenvalue weighted by Crippen LogP contribution is -2.40. The predicted molar refractivity (Wildman–Crippen MR) is 80.5 cm³/mol. The summed E-state index contributed by atoms with van der Waals surface area (Å²) in [6.45, 7) is 9.75. The van der Waals surface area contributed by atoms with Crippen molar-refractivity contribution in [2.24, 2.45) is 0 Å². The van der Waals surface area contributed by atoms with Crippen LogP contribution >= 0.6 is 0 Å². The fourth-order valence-electron chi connectivity index (χ4n) is 2.99. The standard InChI is InChI=1S/C17H27NO/c1-5-16-11-15(8-9-19-16)18-14(4)17-10-12(2)6-7-13(17)3/h6-7,10,14-16,18H,5,8-9,11H2,1-4H3. The van der Waals surface area contributed by atoms with Gasteiger partial charge in [-0.1, -0.05) is 30.7 Å². The molecule has 2 rings (SSSR count). The Morgan fingerprint density at radius 1 is 1.37 bits per heavy atom. The van der Waals surface area contributed by atoms with Crippen LogP contribution in [0.1, 0.15) is 55.8 Å². The van der Waals surface area contributed by atoms with Crippen LogP contribution in [0.15, 0.2) is 18.2 Å². The molecule has 1 N–H and O–H groups in total. The number of hydrogen-bond acceptors (Lipinski definition) is 2. The van der Waals surface area contributed by atoms with E-state index in [2.05, 4.69) is 51.2 Å². The maximum atomic E-state index is 5.75. The molecule has 0 aromatic heterocycles. The van der Waals surface area contributed by atoms with Crippen LogP contribution < -0.4 is 5.32 Å². The van der Waals surface area contributed by atoms with Crippen LogP contribution in [0.5, 0.6) is 0 Å². The van der Waals surface area contributed by atoms with Crippen molar-refractivity contribution in [3.63, 3.8) is 0 Å². The van der Waals surface area contributed by atoms with E-state index in [-0.39, 0.29) is 0 Å². The Hall–Kier alpha value is -0.860. The van der Waals surface area contributed by atoms with E-state index in [0.717, 1.165) is 25.9 Å². The number of hydrogen-bond donors (Lipinski definition) is 1. The molecule has 19 heavy (non-hydrogen) atoms. The minimum absolute atomic E-state index is 0.417. The third kappa shape index (κ3) is 3.80. The third-order valence-electron chi connectivity index (χ3n) is 4.21. The van der Waals surface area contributed by atoms with Crippen molar-refractivity contribution in [1.82, 2.24) is 5.32 Å². The number of aryl methyl sites for hydroxylation is 2. The zero-order valence-electron chi connectivity index (χ0n) is 12.7. The van der Waals surface area contributed by atoms with E-state index in [1.165, 1.54) is 16.7 Å². The lowest BCUT2D eigenvalue weighted by molar-refractivity contribution is -0.00166. The molecule has 1 fully saturated rings. The monoisotopic (exact) mass is 261 g/mol. The summed E-state index contributed by atoms with van der Waals surface area (Å²) < 4.78 is 5.75. The maximum Gasteiger partial charge on any atom is 0.0587 e. The summed E-state index contributed by atoms with van der Waals surface area (Å²) >= 11 is 0.